The first-order valence-electron chi connectivity index (χ1n) is 10.3. The average Bonchev–Trinajstić information content (AvgIpc) is 3.25. The van der Waals surface area contributed by atoms with E-state index in [4.69, 9.17) is 19.0 Å². The standard InChI is InChI=1S/C21H30N4O7S2/c1-15(13-30-4)32-24-19(20(26)23-21-22-12-17(33-21)14-31-5)16-6-8-18(9-7-16)34(27,28)25(2)10-11-29-3/h6-9,12,15H,10-11,13-14H2,1-5H3,(H,22,23,26)/t15-/m1/s1. The molecule has 0 unspecified atom stereocenters. The summed E-state index contributed by atoms with van der Waals surface area (Å²) in [5, 5.41) is 7.08. The van der Waals surface area contributed by atoms with E-state index in [9.17, 15) is 13.2 Å². The summed E-state index contributed by atoms with van der Waals surface area (Å²) in [7, 11) is 2.36. The number of likely N-dealkylation sites (N-methyl/N-ethyl adjacent to an activating group) is 1. The van der Waals surface area contributed by atoms with Gasteiger partial charge >= 0.3 is 0 Å². The SMILES string of the molecule is COCCN(C)S(=O)(=O)c1ccc(C(=NO[C@H](C)COC)C(=O)Nc2ncc(COC)s2)cc1. The van der Waals surface area contributed by atoms with Crippen molar-refractivity contribution in [1.29, 1.82) is 0 Å². The molecule has 188 valence electrons. The molecule has 34 heavy (non-hydrogen) atoms. The smallest absolute Gasteiger partial charge is 0.280 e. The number of anilines is 1. The van der Waals surface area contributed by atoms with Gasteiger partial charge in [-0.2, -0.15) is 4.31 Å². The van der Waals surface area contributed by atoms with E-state index in [0.717, 1.165) is 4.88 Å². The number of carbonyl (C=O) groups excluding carboxylic acids is 1. The molecule has 1 aromatic heterocycles. The molecule has 1 atom stereocenters. The first kappa shape index (κ1) is 27.8. The highest BCUT2D eigenvalue weighted by Crippen LogP contribution is 2.20. The van der Waals surface area contributed by atoms with Crippen molar-refractivity contribution < 1.29 is 32.3 Å². The van der Waals surface area contributed by atoms with Crippen LogP contribution in [0.4, 0.5) is 5.13 Å². The van der Waals surface area contributed by atoms with Gasteiger partial charge in [-0.05, 0) is 19.1 Å². The number of hydrogen-bond donors (Lipinski definition) is 1. The second-order valence-corrected chi connectivity index (χ2v) is 10.3. The molecule has 1 aromatic carbocycles. The third kappa shape index (κ3) is 7.82. The molecule has 1 amide bonds. The predicted molar refractivity (Wildman–Crippen MR) is 129 cm³/mol. The number of oxime groups is 1. The Morgan fingerprint density at radius 1 is 1.18 bits per heavy atom. The fourth-order valence-electron chi connectivity index (χ4n) is 2.67. The molecular formula is C21H30N4O7S2. The zero-order chi connectivity index (χ0) is 25.1. The van der Waals surface area contributed by atoms with Gasteiger partial charge in [0.1, 0.15) is 6.10 Å². The third-order valence-electron chi connectivity index (χ3n) is 4.45. The normalized spacial score (nSPS) is 13.2. The van der Waals surface area contributed by atoms with Gasteiger partial charge in [0.25, 0.3) is 5.91 Å². The van der Waals surface area contributed by atoms with Crippen molar-refractivity contribution in [2.45, 2.75) is 24.5 Å². The Morgan fingerprint density at radius 3 is 2.50 bits per heavy atom. The number of amides is 1. The molecule has 1 heterocycles. The number of rotatable bonds is 14. The summed E-state index contributed by atoms with van der Waals surface area (Å²) in [4.78, 5) is 23.5. The van der Waals surface area contributed by atoms with Gasteiger partial charge in [0, 0.05) is 46.7 Å². The summed E-state index contributed by atoms with van der Waals surface area (Å²) in [6.45, 7) is 2.87. The van der Waals surface area contributed by atoms with Crippen LogP contribution in [0.5, 0.6) is 0 Å². The number of carbonyl (C=O) groups is 1. The van der Waals surface area contributed by atoms with E-state index >= 15 is 0 Å². The van der Waals surface area contributed by atoms with Crippen LogP contribution in [0.2, 0.25) is 0 Å². The number of benzene rings is 1. The summed E-state index contributed by atoms with van der Waals surface area (Å²) >= 11 is 1.27. The van der Waals surface area contributed by atoms with Crippen LogP contribution in [-0.4, -0.2) is 83.6 Å². The molecule has 0 bridgehead atoms. The van der Waals surface area contributed by atoms with Gasteiger partial charge in [-0.3, -0.25) is 10.1 Å². The van der Waals surface area contributed by atoms with Gasteiger partial charge in [-0.1, -0.05) is 28.6 Å². The molecule has 0 aliphatic heterocycles. The molecule has 1 N–H and O–H groups in total. The van der Waals surface area contributed by atoms with Crippen LogP contribution in [0.3, 0.4) is 0 Å². The number of methoxy groups -OCH3 is 3. The van der Waals surface area contributed by atoms with Crippen LogP contribution >= 0.6 is 11.3 Å². The molecule has 0 saturated heterocycles. The molecule has 0 saturated carbocycles. The van der Waals surface area contributed by atoms with Gasteiger partial charge in [0.2, 0.25) is 10.0 Å². The zero-order valence-corrected chi connectivity index (χ0v) is 21.4. The van der Waals surface area contributed by atoms with Crippen molar-refractivity contribution in [3.8, 4) is 0 Å². The Kier molecular flexibility index (Phi) is 11.0. The van der Waals surface area contributed by atoms with Crippen molar-refractivity contribution in [3.05, 3.63) is 40.9 Å². The minimum absolute atomic E-state index is 0.0388. The van der Waals surface area contributed by atoms with Gasteiger partial charge in [-0.15, -0.1) is 0 Å². The third-order valence-corrected chi connectivity index (χ3v) is 7.20. The fraction of sp³-hybridized carbons (Fsp3) is 0.476. The highest BCUT2D eigenvalue weighted by atomic mass is 32.2. The molecule has 0 radical (unpaired) electrons. The molecule has 2 rings (SSSR count). The molecule has 11 nitrogen and oxygen atoms in total. The summed E-state index contributed by atoms with van der Waals surface area (Å²) in [6.07, 6.45) is 1.20. The van der Waals surface area contributed by atoms with E-state index in [-0.39, 0.29) is 30.4 Å². The quantitative estimate of drug-likeness (QED) is 0.299. The van der Waals surface area contributed by atoms with Crippen molar-refractivity contribution in [1.82, 2.24) is 9.29 Å². The largest absolute Gasteiger partial charge is 0.390 e. The Morgan fingerprint density at radius 2 is 1.88 bits per heavy atom. The van der Waals surface area contributed by atoms with Crippen LogP contribution in [0.25, 0.3) is 0 Å². The van der Waals surface area contributed by atoms with E-state index in [1.54, 1.807) is 20.2 Å². The number of nitrogens with one attached hydrogen (secondary N) is 1. The second kappa shape index (κ2) is 13.5. The fourth-order valence-corrected chi connectivity index (χ4v) is 4.60. The van der Waals surface area contributed by atoms with Crippen molar-refractivity contribution >= 4 is 38.1 Å². The van der Waals surface area contributed by atoms with Crippen molar-refractivity contribution in [3.63, 3.8) is 0 Å². The van der Waals surface area contributed by atoms with Crippen LogP contribution < -0.4 is 5.32 Å². The summed E-state index contributed by atoms with van der Waals surface area (Å²) in [5.41, 5.74) is 0.331. The minimum atomic E-state index is -3.71. The van der Waals surface area contributed by atoms with Crippen LogP contribution in [0, 0.1) is 0 Å². The van der Waals surface area contributed by atoms with Crippen molar-refractivity contribution in [2.24, 2.45) is 5.16 Å². The number of nitrogens with zero attached hydrogens (tertiary/aromatic N) is 3. The van der Waals surface area contributed by atoms with Gasteiger partial charge in [0.15, 0.2) is 10.8 Å². The average molecular weight is 515 g/mol. The van der Waals surface area contributed by atoms with E-state index in [1.165, 1.54) is 61.2 Å². The lowest BCUT2D eigenvalue weighted by Gasteiger charge is -2.17. The molecule has 0 aliphatic rings. The van der Waals surface area contributed by atoms with Gasteiger partial charge in [-0.25, -0.2) is 13.4 Å². The highest BCUT2D eigenvalue weighted by Gasteiger charge is 2.23. The number of thiazole rings is 1. The molecule has 0 fully saturated rings. The minimum Gasteiger partial charge on any atom is -0.390 e. The number of aromatic nitrogens is 1. The Balaban J connectivity index is 2.29. The molecule has 2 aromatic rings. The monoisotopic (exact) mass is 514 g/mol. The predicted octanol–water partition coefficient (Wildman–Crippen LogP) is 1.95. The second-order valence-electron chi connectivity index (χ2n) is 7.17. The maximum atomic E-state index is 13.0. The van der Waals surface area contributed by atoms with Gasteiger partial charge < -0.3 is 19.0 Å². The van der Waals surface area contributed by atoms with E-state index < -0.39 is 22.0 Å². The number of hydrogen-bond acceptors (Lipinski definition) is 10. The number of sulfonamides is 1. The van der Waals surface area contributed by atoms with Crippen molar-refractivity contribution in [2.75, 3.05) is 53.5 Å². The van der Waals surface area contributed by atoms with Crippen LogP contribution in [0.15, 0.2) is 40.5 Å². The van der Waals surface area contributed by atoms with Crippen LogP contribution in [-0.2, 0) is 40.5 Å². The summed E-state index contributed by atoms with van der Waals surface area (Å²) < 4.78 is 41.7. The highest BCUT2D eigenvalue weighted by molar-refractivity contribution is 7.89. The lowest BCUT2D eigenvalue weighted by atomic mass is 10.1. The first-order chi connectivity index (χ1) is 16.2. The lowest BCUT2D eigenvalue weighted by molar-refractivity contribution is -0.110. The zero-order valence-electron chi connectivity index (χ0n) is 19.8. The Hall–Kier alpha value is -2.42. The van der Waals surface area contributed by atoms with Crippen LogP contribution in [0.1, 0.15) is 17.4 Å². The maximum Gasteiger partial charge on any atom is 0.280 e. The number of ether oxygens (including phenoxy) is 3. The maximum absolute atomic E-state index is 13.0. The lowest BCUT2D eigenvalue weighted by Crippen LogP contribution is -2.30. The van der Waals surface area contributed by atoms with E-state index in [0.29, 0.717) is 17.3 Å². The summed E-state index contributed by atoms with van der Waals surface area (Å²) in [6, 6.07) is 5.82. The van der Waals surface area contributed by atoms with E-state index in [1.807, 2.05) is 0 Å². The Labute approximate surface area is 203 Å². The molecule has 0 spiro atoms. The topological polar surface area (TPSA) is 129 Å². The first-order valence-corrected chi connectivity index (χ1v) is 12.5. The molecular weight excluding hydrogens is 484 g/mol. The molecule has 13 heteroatoms. The summed E-state index contributed by atoms with van der Waals surface area (Å²) in [5.74, 6) is -0.559. The van der Waals surface area contributed by atoms with Gasteiger partial charge in [0.05, 0.1) is 29.6 Å². The Bertz CT molecular complexity index is 1060. The molecule has 0 aliphatic carbocycles. The van der Waals surface area contributed by atoms with E-state index in [2.05, 4.69) is 15.5 Å².